The molecule has 128 valence electrons. The van der Waals surface area contributed by atoms with E-state index in [1.807, 2.05) is 37.3 Å². The lowest BCUT2D eigenvalue weighted by molar-refractivity contribution is -0.115. The molecule has 0 unspecified atom stereocenters. The summed E-state index contributed by atoms with van der Waals surface area (Å²) in [5.74, 6) is 0.332. The van der Waals surface area contributed by atoms with Gasteiger partial charge >= 0.3 is 0 Å². The second kappa shape index (κ2) is 7.72. The van der Waals surface area contributed by atoms with Gasteiger partial charge in [-0.2, -0.15) is 0 Å². The van der Waals surface area contributed by atoms with Crippen LogP contribution >= 0.6 is 23.4 Å². The molecule has 5 nitrogen and oxygen atoms in total. The highest BCUT2D eigenvalue weighted by Crippen LogP contribution is 2.28. The van der Waals surface area contributed by atoms with Crippen molar-refractivity contribution >= 4 is 46.1 Å². The fourth-order valence-corrected chi connectivity index (χ4v) is 3.38. The predicted octanol–water partition coefficient (Wildman–Crippen LogP) is 4.39. The summed E-state index contributed by atoms with van der Waals surface area (Å²) >= 11 is 7.21. The first-order chi connectivity index (χ1) is 12.1. The van der Waals surface area contributed by atoms with E-state index in [1.165, 1.54) is 18.0 Å². The van der Waals surface area contributed by atoms with Gasteiger partial charge in [0.05, 0.1) is 21.3 Å². The topological polar surface area (TPSA) is 59.8 Å². The summed E-state index contributed by atoms with van der Waals surface area (Å²) in [6, 6.07) is 11.3. The Morgan fingerprint density at radius 2 is 2.20 bits per heavy atom. The Morgan fingerprint density at radius 3 is 2.92 bits per heavy atom. The number of carbonyl (C=O) groups is 1. The van der Waals surface area contributed by atoms with Crippen LogP contribution in [0.2, 0.25) is 5.02 Å². The molecule has 0 aliphatic carbocycles. The Balaban J connectivity index is 1.77. The normalized spacial score (nSPS) is 12.1. The minimum Gasteiger partial charge on any atom is -0.315 e. The average molecular weight is 373 g/mol. The van der Waals surface area contributed by atoms with Gasteiger partial charge in [-0.25, -0.2) is 9.97 Å². The minimum absolute atomic E-state index is 0.142. The van der Waals surface area contributed by atoms with E-state index in [2.05, 4.69) is 26.4 Å². The van der Waals surface area contributed by atoms with Crippen molar-refractivity contribution < 1.29 is 4.79 Å². The molecule has 0 saturated heterocycles. The fourth-order valence-electron chi connectivity index (χ4n) is 2.34. The van der Waals surface area contributed by atoms with E-state index in [0.29, 0.717) is 17.4 Å². The number of benzene rings is 1. The zero-order chi connectivity index (χ0) is 17.8. The van der Waals surface area contributed by atoms with Crippen molar-refractivity contribution in [1.29, 1.82) is 0 Å². The van der Waals surface area contributed by atoms with E-state index in [4.69, 9.17) is 11.6 Å². The molecule has 3 rings (SSSR count). The van der Waals surface area contributed by atoms with Crippen molar-refractivity contribution in [3.63, 3.8) is 0 Å². The summed E-state index contributed by atoms with van der Waals surface area (Å²) in [5.41, 5.74) is 1.93. The lowest BCUT2D eigenvalue weighted by Crippen LogP contribution is -2.23. The summed E-state index contributed by atoms with van der Waals surface area (Å²) < 4.78 is 2.05. The Hall–Kier alpha value is -2.31. The Labute approximate surface area is 155 Å². The molecule has 3 aromatic rings. The second-order valence-electron chi connectivity index (χ2n) is 5.39. The van der Waals surface area contributed by atoms with E-state index in [0.717, 1.165) is 16.2 Å². The number of fused-ring (bicyclic) bond motifs is 1. The van der Waals surface area contributed by atoms with Gasteiger partial charge in [-0.05, 0) is 31.2 Å². The molecule has 0 fully saturated rings. The molecule has 1 N–H and O–H groups in total. The van der Waals surface area contributed by atoms with Gasteiger partial charge in [-0.1, -0.05) is 41.6 Å². The number of hydrogen-bond donors (Lipinski definition) is 1. The number of thioether (sulfide) groups is 1. The Morgan fingerprint density at radius 1 is 1.40 bits per heavy atom. The van der Waals surface area contributed by atoms with E-state index in [-0.39, 0.29) is 11.2 Å². The summed E-state index contributed by atoms with van der Waals surface area (Å²) in [5, 5.41) is 3.76. The number of nitrogens with zero attached hydrogens (tertiary/aromatic N) is 3. The molecule has 1 aromatic carbocycles. The number of hydrogen-bond acceptors (Lipinski definition) is 4. The number of aromatic nitrogens is 3. The summed E-state index contributed by atoms with van der Waals surface area (Å²) in [6.45, 7) is 6.28. The molecule has 2 aromatic heterocycles. The number of anilines is 1. The predicted molar refractivity (Wildman–Crippen MR) is 103 cm³/mol. The summed E-state index contributed by atoms with van der Waals surface area (Å²) in [6.07, 6.45) is 3.32. The quantitative estimate of drug-likeness (QED) is 0.515. The highest BCUT2D eigenvalue weighted by molar-refractivity contribution is 8.00. The van der Waals surface area contributed by atoms with E-state index < -0.39 is 0 Å². The molecule has 2 heterocycles. The zero-order valence-corrected chi connectivity index (χ0v) is 15.2. The molecule has 0 spiro atoms. The standard InChI is InChI=1S/C18H17ClN4OS/c1-3-10-23-15-7-5-4-6-14(15)21-18(23)25-12(2)17(24)22-16-9-8-13(19)11-20-16/h3-9,11-12H,1,10H2,2H3,(H,20,22,24)/t12-/m1/s1. The third kappa shape index (κ3) is 4.03. The van der Waals surface area contributed by atoms with Gasteiger partial charge in [-0.3, -0.25) is 4.79 Å². The third-order valence-corrected chi connectivity index (χ3v) is 4.87. The lowest BCUT2D eigenvalue weighted by atomic mass is 10.3. The van der Waals surface area contributed by atoms with Crippen LogP contribution in [-0.4, -0.2) is 25.7 Å². The molecule has 0 bridgehead atoms. The van der Waals surface area contributed by atoms with Gasteiger partial charge in [0.25, 0.3) is 0 Å². The zero-order valence-electron chi connectivity index (χ0n) is 13.6. The number of rotatable bonds is 6. The number of imidazole rings is 1. The van der Waals surface area contributed by atoms with Crippen molar-refractivity contribution in [1.82, 2.24) is 14.5 Å². The highest BCUT2D eigenvalue weighted by atomic mass is 35.5. The maximum absolute atomic E-state index is 12.4. The van der Waals surface area contributed by atoms with E-state index in [9.17, 15) is 4.79 Å². The number of pyridine rings is 1. The van der Waals surface area contributed by atoms with Gasteiger partial charge in [0, 0.05) is 12.7 Å². The monoisotopic (exact) mass is 372 g/mol. The molecular weight excluding hydrogens is 356 g/mol. The Bertz CT molecular complexity index is 907. The van der Waals surface area contributed by atoms with E-state index >= 15 is 0 Å². The van der Waals surface area contributed by atoms with Crippen LogP contribution in [0.15, 0.2) is 60.4 Å². The Kier molecular flexibility index (Phi) is 5.40. The van der Waals surface area contributed by atoms with Gasteiger partial charge in [0.1, 0.15) is 5.82 Å². The van der Waals surface area contributed by atoms with E-state index in [1.54, 1.807) is 12.1 Å². The van der Waals surface area contributed by atoms with Gasteiger partial charge in [-0.15, -0.1) is 6.58 Å². The minimum atomic E-state index is -0.335. The number of allylic oxidation sites excluding steroid dienone is 1. The first-order valence-electron chi connectivity index (χ1n) is 7.73. The van der Waals surface area contributed by atoms with Crippen LogP contribution < -0.4 is 5.32 Å². The van der Waals surface area contributed by atoms with Crippen LogP contribution in [0.1, 0.15) is 6.92 Å². The van der Waals surface area contributed by atoms with Crippen LogP contribution in [-0.2, 0) is 11.3 Å². The van der Waals surface area contributed by atoms with Gasteiger partial charge in [0.15, 0.2) is 5.16 Å². The molecule has 1 atom stereocenters. The SMILES string of the molecule is C=CCn1c(S[C@H](C)C(=O)Nc2ccc(Cl)cn2)nc2ccccc21. The molecule has 1 amide bonds. The number of halogens is 1. The van der Waals surface area contributed by atoms with Crippen LogP contribution in [0, 0.1) is 0 Å². The number of nitrogens with one attached hydrogen (secondary N) is 1. The maximum atomic E-state index is 12.4. The van der Waals surface area contributed by atoms with Crippen LogP contribution in [0.3, 0.4) is 0 Å². The van der Waals surface area contributed by atoms with Crippen LogP contribution in [0.5, 0.6) is 0 Å². The molecule has 0 saturated carbocycles. The highest BCUT2D eigenvalue weighted by Gasteiger charge is 2.19. The summed E-state index contributed by atoms with van der Waals surface area (Å²) in [7, 11) is 0. The van der Waals surface area contributed by atoms with Crippen molar-refractivity contribution in [2.24, 2.45) is 0 Å². The molecule has 0 radical (unpaired) electrons. The first-order valence-corrected chi connectivity index (χ1v) is 8.99. The third-order valence-electron chi connectivity index (χ3n) is 3.56. The average Bonchev–Trinajstić information content (AvgIpc) is 2.95. The molecule has 25 heavy (non-hydrogen) atoms. The van der Waals surface area contributed by atoms with Gasteiger partial charge < -0.3 is 9.88 Å². The number of para-hydroxylation sites is 2. The van der Waals surface area contributed by atoms with Crippen molar-refractivity contribution in [3.8, 4) is 0 Å². The first kappa shape index (κ1) is 17.5. The maximum Gasteiger partial charge on any atom is 0.238 e. The largest absolute Gasteiger partial charge is 0.315 e. The molecule has 0 aliphatic rings. The molecular formula is C18H17ClN4OS. The molecule has 0 aliphatic heterocycles. The lowest BCUT2D eigenvalue weighted by Gasteiger charge is -2.12. The second-order valence-corrected chi connectivity index (χ2v) is 7.14. The van der Waals surface area contributed by atoms with Crippen molar-refractivity contribution in [2.75, 3.05) is 5.32 Å². The number of carbonyl (C=O) groups excluding carboxylic acids is 1. The van der Waals surface area contributed by atoms with Crippen LogP contribution in [0.25, 0.3) is 11.0 Å². The van der Waals surface area contributed by atoms with Crippen molar-refractivity contribution in [3.05, 3.63) is 60.3 Å². The van der Waals surface area contributed by atoms with Crippen molar-refractivity contribution in [2.45, 2.75) is 23.9 Å². The molecule has 7 heteroatoms. The summed E-state index contributed by atoms with van der Waals surface area (Å²) in [4.78, 5) is 21.1. The fraction of sp³-hybridized carbons (Fsp3) is 0.167. The van der Waals surface area contributed by atoms with Gasteiger partial charge in [0.2, 0.25) is 5.91 Å². The smallest absolute Gasteiger partial charge is 0.238 e. The number of amides is 1. The van der Waals surface area contributed by atoms with Crippen LogP contribution in [0.4, 0.5) is 5.82 Å².